The largest absolute Gasteiger partial charge is 0.489 e. The van der Waals surface area contributed by atoms with E-state index < -0.39 is 75.0 Å². The minimum absolute atomic E-state index is 0.00118. The maximum atomic E-state index is 13.9. The molecule has 1 saturated heterocycles. The Balaban J connectivity index is 1.61. The minimum atomic E-state index is -5.08. The highest BCUT2D eigenvalue weighted by atomic mass is 32.3. The van der Waals surface area contributed by atoms with Crippen LogP contribution in [-0.4, -0.2) is 120 Å². The topological polar surface area (TPSA) is 284 Å². The lowest BCUT2D eigenvalue weighted by atomic mass is 9.84. The molecule has 2 aliphatic rings. The molecule has 4 rings (SSSR count). The first kappa shape index (κ1) is 45.6. The average Bonchev–Trinajstić information content (AvgIpc) is 3.57. The van der Waals surface area contributed by atoms with E-state index in [1.807, 2.05) is 12.1 Å². The summed E-state index contributed by atoms with van der Waals surface area (Å²) in [5.41, 5.74) is 0.547. The number of hydrogen-bond acceptors (Lipinski definition) is 18. The summed E-state index contributed by atoms with van der Waals surface area (Å²) in [7, 11) is -5.08. The third-order valence-corrected chi connectivity index (χ3v) is 9.24. The SMILES string of the molecule is CC(C)(C)OC(=O)Nc1nc(/C(=N/O[C@@](C)(COc2ccc(C3CN=C(NCCN)NC3)cc2)C(=O)OC(C)(C)C)C(=O)NC2C(=O)N(OS(=O)(=O)O)C2(C)C)cs1. The molecule has 0 radical (unpaired) electrons. The summed E-state index contributed by atoms with van der Waals surface area (Å²) in [5.74, 6) is -1.81. The van der Waals surface area contributed by atoms with Crippen molar-refractivity contribution in [3.63, 3.8) is 0 Å². The molecular weight excluding hydrogens is 803 g/mol. The number of benzene rings is 1. The van der Waals surface area contributed by atoms with Crippen molar-refractivity contribution < 1.29 is 55.5 Å². The number of hydrogen-bond donors (Lipinski definition) is 6. The molecule has 3 heterocycles. The predicted molar refractivity (Wildman–Crippen MR) is 211 cm³/mol. The summed E-state index contributed by atoms with van der Waals surface area (Å²) in [5, 5.41) is 17.1. The summed E-state index contributed by atoms with van der Waals surface area (Å²) in [6.07, 6.45) is -0.829. The highest BCUT2D eigenvalue weighted by molar-refractivity contribution is 7.80. The molecule has 2 unspecified atom stereocenters. The van der Waals surface area contributed by atoms with Gasteiger partial charge in [-0.1, -0.05) is 17.3 Å². The van der Waals surface area contributed by atoms with Gasteiger partial charge in [-0.15, -0.1) is 15.6 Å². The number of nitrogens with zero attached hydrogens (tertiary/aromatic N) is 4. The highest BCUT2D eigenvalue weighted by Gasteiger charge is 2.58. The van der Waals surface area contributed by atoms with Gasteiger partial charge >= 0.3 is 22.5 Å². The van der Waals surface area contributed by atoms with Crippen LogP contribution >= 0.6 is 11.3 Å². The summed E-state index contributed by atoms with van der Waals surface area (Å²) >= 11 is 0.901. The van der Waals surface area contributed by atoms with Crippen LogP contribution in [0.3, 0.4) is 0 Å². The van der Waals surface area contributed by atoms with Gasteiger partial charge in [-0.3, -0.25) is 24.5 Å². The number of oxime groups is 1. The first-order valence-corrected chi connectivity index (χ1v) is 20.3. The molecule has 2 aliphatic heterocycles. The van der Waals surface area contributed by atoms with Gasteiger partial charge in [0.25, 0.3) is 17.4 Å². The Bertz CT molecular complexity index is 2010. The fraction of sp³-hybridized carbons (Fsp3) is 0.571. The molecule has 0 spiro atoms. The smallest absolute Gasteiger partial charge is 0.418 e. The van der Waals surface area contributed by atoms with Gasteiger partial charge in [-0.2, -0.15) is 13.5 Å². The minimum Gasteiger partial charge on any atom is -0.489 e. The van der Waals surface area contributed by atoms with Crippen molar-refractivity contribution in [1.29, 1.82) is 0 Å². The number of anilines is 1. The van der Waals surface area contributed by atoms with E-state index in [-0.39, 0.29) is 16.7 Å². The molecule has 1 aromatic carbocycles. The van der Waals surface area contributed by atoms with Crippen molar-refractivity contribution in [3.05, 3.63) is 40.9 Å². The molecular formula is C35H51N9O12S2. The van der Waals surface area contributed by atoms with Gasteiger partial charge in [-0.05, 0) is 80.0 Å². The fourth-order valence-electron chi connectivity index (χ4n) is 5.24. The van der Waals surface area contributed by atoms with Crippen LogP contribution in [-0.2, 0) is 43.4 Å². The molecule has 320 valence electrons. The van der Waals surface area contributed by atoms with Crippen molar-refractivity contribution in [2.45, 2.75) is 96.6 Å². The van der Waals surface area contributed by atoms with Gasteiger partial charge in [0, 0.05) is 30.9 Å². The molecule has 2 aromatic rings. The molecule has 0 aliphatic carbocycles. The molecule has 0 saturated carbocycles. The van der Waals surface area contributed by atoms with Gasteiger partial charge in [-0.25, -0.2) is 14.6 Å². The van der Waals surface area contributed by atoms with Crippen LogP contribution in [0.4, 0.5) is 9.93 Å². The number of ether oxygens (including phenoxy) is 3. The number of nitrogens with two attached hydrogens (primary N) is 1. The molecule has 3 amide bonds. The number of aliphatic imine (C=N–C) groups is 1. The zero-order valence-electron chi connectivity index (χ0n) is 33.7. The van der Waals surface area contributed by atoms with Crippen LogP contribution in [0.5, 0.6) is 5.75 Å². The number of β-lactam (4-membered cyclic amide) rings is 1. The average molecular weight is 854 g/mol. The third-order valence-electron chi connectivity index (χ3n) is 8.15. The number of nitrogens with one attached hydrogen (secondary N) is 4. The lowest BCUT2D eigenvalue weighted by Crippen LogP contribution is -2.76. The molecule has 58 heavy (non-hydrogen) atoms. The maximum absolute atomic E-state index is 13.9. The first-order chi connectivity index (χ1) is 26.8. The number of amides is 3. The maximum Gasteiger partial charge on any atom is 0.418 e. The number of carbonyl (C=O) groups is 4. The number of hydroxylamine groups is 2. The predicted octanol–water partition coefficient (Wildman–Crippen LogP) is 1.82. The lowest BCUT2D eigenvalue weighted by molar-refractivity contribution is -0.218. The van der Waals surface area contributed by atoms with Gasteiger partial charge in [0.2, 0.25) is 0 Å². The van der Waals surface area contributed by atoms with Crippen molar-refractivity contribution in [3.8, 4) is 5.75 Å². The Kier molecular flexibility index (Phi) is 14.0. The summed E-state index contributed by atoms with van der Waals surface area (Å²) in [6.45, 7) is 15.9. The van der Waals surface area contributed by atoms with Gasteiger partial charge < -0.3 is 40.7 Å². The standard InChI is InChI=1S/C35H51N9O12S2/c1-32(2,3)53-28(47)35(9,19-52-22-12-10-20(11-13-22)21-16-38-29(39-17-21)37-15-14-36)55-43-24(23-18-57-30(40-23)42-31(48)54-33(4,5)6)26(45)41-25-27(46)44(34(25,7)8)56-58(49,50)51/h10-13,18,21,25H,14-17,19,36H2,1-9H3,(H,41,45)(H2,37,38,39)(H,40,42,48)(H,49,50,51)/b43-24-/t25?,35-/m0/s1. The Morgan fingerprint density at radius 2 is 1.74 bits per heavy atom. The second-order valence-electron chi connectivity index (χ2n) is 16.0. The summed E-state index contributed by atoms with van der Waals surface area (Å²) in [6, 6.07) is 5.80. The van der Waals surface area contributed by atoms with Crippen LogP contribution in [0, 0.1) is 0 Å². The Morgan fingerprint density at radius 3 is 2.29 bits per heavy atom. The fourth-order valence-corrected chi connectivity index (χ4v) is 6.38. The zero-order valence-corrected chi connectivity index (χ0v) is 35.3. The molecule has 21 nitrogen and oxygen atoms in total. The molecule has 1 fully saturated rings. The number of aromatic nitrogens is 1. The van der Waals surface area contributed by atoms with Crippen molar-refractivity contribution in [1.82, 2.24) is 26.0 Å². The van der Waals surface area contributed by atoms with Gasteiger partial charge in [0.15, 0.2) is 16.8 Å². The van der Waals surface area contributed by atoms with E-state index in [1.165, 1.54) is 26.2 Å². The van der Waals surface area contributed by atoms with E-state index in [9.17, 15) is 27.6 Å². The van der Waals surface area contributed by atoms with Crippen molar-refractivity contribution >= 4 is 62.4 Å². The Morgan fingerprint density at radius 1 is 1.09 bits per heavy atom. The highest BCUT2D eigenvalue weighted by Crippen LogP contribution is 2.33. The van der Waals surface area contributed by atoms with Crippen LogP contribution in [0.2, 0.25) is 0 Å². The lowest BCUT2D eigenvalue weighted by Gasteiger charge is -2.50. The number of rotatable bonds is 15. The number of carbonyl (C=O) groups excluding carboxylic acids is 4. The number of guanidine groups is 1. The van der Waals surface area contributed by atoms with E-state index in [4.69, 9.17) is 29.3 Å². The number of esters is 1. The van der Waals surface area contributed by atoms with Crippen LogP contribution in [0.1, 0.15) is 79.5 Å². The van der Waals surface area contributed by atoms with Crippen LogP contribution < -0.4 is 31.7 Å². The second kappa shape index (κ2) is 17.8. The summed E-state index contributed by atoms with van der Waals surface area (Å²) in [4.78, 5) is 67.5. The van der Waals surface area contributed by atoms with E-state index >= 15 is 0 Å². The third kappa shape index (κ3) is 12.4. The van der Waals surface area contributed by atoms with Gasteiger partial charge in [0.05, 0.1) is 12.1 Å². The molecule has 23 heteroatoms. The molecule has 3 atom stereocenters. The quantitative estimate of drug-likeness (QED) is 0.0490. The van der Waals surface area contributed by atoms with Crippen molar-refractivity contribution in [2.75, 3.05) is 38.1 Å². The molecule has 7 N–H and O–H groups in total. The Hall–Kier alpha value is -5.10. The molecule has 0 bridgehead atoms. The monoisotopic (exact) mass is 853 g/mol. The van der Waals surface area contributed by atoms with Crippen molar-refractivity contribution in [2.24, 2.45) is 15.9 Å². The second-order valence-corrected chi connectivity index (χ2v) is 17.8. The molecule has 1 aromatic heterocycles. The summed E-state index contributed by atoms with van der Waals surface area (Å²) < 4.78 is 53.1. The van der Waals surface area contributed by atoms with Gasteiger partial charge in [0.1, 0.15) is 35.3 Å². The normalized spacial score (nSPS) is 19.4. The van der Waals surface area contributed by atoms with Crippen LogP contribution in [0.25, 0.3) is 0 Å². The Labute approximate surface area is 340 Å². The number of thiazole rings is 1. The van der Waals surface area contributed by atoms with E-state index in [1.54, 1.807) is 53.7 Å². The van der Waals surface area contributed by atoms with E-state index in [2.05, 4.69) is 40.7 Å². The van der Waals surface area contributed by atoms with E-state index in [0.29, 0.717) is 43.0 Å². The van der Waals surface area contributed by atoms with Crippen LogP contribution in [0.15, 0.2) is 39.8 Å². The van der Waals surface area contributed by atoms with E-state index in [0.717, 1.165) is 16.9 Å². The zero-order chi connectivity index (χ0) is 43.3. The first-order valence-electron chi connectivity index (χ1n) is 18.0.